The third-order valence-electron chi connectivity index (χ3n) is 5.77. The van der Waals surface area contributed by atoms with E-state index < -0.39 is 27.8 Å². The molecule has 2 aromatic carbocycles. The fraction of sp³-hybridized carbons (Fsp3) is 0.417. The molecule has 8 nitrogen and oxygen atoms in total. The summed E-state index contributed by atoms with van der Waals surface area (Å²) in [7, 11) is -2.13. The monoisotopic (exact) mass is 474 g/mol. The number of amides is 1. The molecule has 3 rings (SSSR count). The fourth-order valence-corrected chi connectivity index (χ4v) is 5.51. The fourth-order valence-electron chi connectivity index (χ4n) is 4.04. The topological polar surface area (TPSA) is 102 Å². The first-order valence-corrected chi connectivity index (χ1v) is 12.2. The van der Waals surface area contributed by atoms with Crippen LogP contribution < -0.4 is 10.1 Å². The van der Waals surface area contributed by atoms with Crippen molar-refractivity contribution in [2.75, 3.05) is 32.1 Å². The van der Waals surface area contributed by atoms with Gasteiger partial charge in [0, 0.05) is 18.8 Å². The van der Waals surface area contributed by atoms with Gasteiger partial charge in [0.05, 0.1) is 17.9 Å². The summed E-state index contributed by atoms with van der Waals surface area (Å²) in [6, 6.07) is 10.2. The van der Waals surface area contributed by atoms with Crippen molar-refractivity contribution in [3.8, 4) is 5.75 Å². The van der Waals surface area contributed by atoms with E-state index in [1.165, 1.54) is 23.5 Å². The number of carbonyl (C=O) groups excluding carboxylic acids is 2. The third-order valence-corrected chi connectivity index (χ3v) is 7.68. The van der Waals surface area contributed by atoms with Crippen molar-refractivity contribution in [1.29, 1.82) is 0 Å². The molecule has 1 aliphatic rings. The van der Waals surface area contributed by atoms with E-state index in [-0.39, 0.29) is 24.6 Å². The minimum atomic E-state index is -3.65. The lowest BCUT2D eigenvalue weighted by Gasteiger charge is -2.30. The molecule has 1 saturated heterocycles. The van der Waals surface area contributed by atoms with E-state index in [9.17, 15) is 18.0 Å². The SMILES string of the molecule is COc1ccc(S(=O)(=O)N2CCC(C(=O)OCC(=O)Nc3c(C)cc(C)cc3C)CC2)cc1. The zero-order valence-corrected chi connectivity index (χ0v) is 20.2. The number of nitrogens with zero attached hydrogens (tertiary/aromatic N) is 1. The van der Waals surface area contributed by atoms with Gasteiger partial charge in [-0.25, -0.2) is 8.42 Å². The summed E-state index contributed by atoms with van der Waals surface area (Å²) in [5, 5.41) is 2.80. The number of aryl methyl sites for hydroxylation is 3. The molecular formula is C24H30N2O6S. The lowest BCUT2D eigenvalue weighted by Crippen LogP contribution is -2.40. The molecule has 1 fully saturated rings. The highest BCUT2D eigenvalue weighted by molar-refractivity contribution is 7.89. The van der Waals surface area contributed by atoms with Crippen molar-refractivity contribution in [2.24, 2.45) is 5.92 Å². The van der Waals surface area contributed by atoms with E-state index in [1.807, 2.05) is 32.9 Å². The highest BCUT2D eigenvalue weighted by atomic mass is 32.2. The van der Waals surface area contributed by atoms with E-state index in [0.29, 0.717) is 18.6 Å². The average molecular weight is 475 g/mol. The second-order valence-corrected chi connectivity index (χ2v) is 10.2. The maximum Gasteiger partial charge on any atom is 0.309 e. The molecule has 9 heteroatoms. The number of carbonyl (C=O) groups is 2. The molecule has 0 radical (unpaired) electrons. The number of methoxy groups -OCH3 is 1. The number of esters is 1. The molecule has 1 aliphatic heterocycles. The Labute approximate surface area is 194 Å². The molecule has 33 heavy (non-hydrogen) atoms. The lowest BCUT2D eigenvalue weighted by molar-refractivity contribution is -0.152. The molecule has 2 aromatic rings. The molecule has 0 saturated carbocycles. The van der Waals surface area contributed by atoms with Gasteiger partial charge in [-0.2, -0.15) is 4.31 Å². The second-order valence-electron chi connectivity index (χ2n) is 8.28. The van der Waals surface area contributed by atoms with Crippen LogP contribution in [0, 0.1) is 26.7 Å². The predicted octanol–water partition coefficient (Wildman–Crippen LogP) is 3.20. The van der Waals surface area contributed by atoms with Gasteiger partial charge in [0.15, 0.2) is 6.61 Å². The van der Waals surface area contributed by atoms with Crippen LogP contribution in [-0.2, 0) is 24.3 Å². The number of ether oxygens (including phenoxy) is 2. The van der Waals surface area contributed by atoms with E-state index >= 15 is 0 Å². The lowest BCUT2D eigenvalue weighted by atomic mass is 9.98. The number of hydrogen-bond donors (Lipinski definition) is 1. The largest absolute Gasteiger partial charge is 0.497 e. The smallest absolute Gasteiger partial charge is 0.309 e. The van der Waals surface area contributed by atoms with Crippen LogP contribution >= 0.6 is 0 Å². The summed E-state index contributed by atoms with van der Waals surface area (Å²) in [6.45, 7) is 5.85. The zero-order chi connectivity index (χ0) is 24.2. The van der Waals surface area contributed by atoms with Gasteiger partial charge in [0.25, 0.3) is 5.91 Å². The van der Waals surface area contributed by atoms with Gasteiger partial charge in [-0.05, 0) is 69.0 Å². The Hall–Kier alpha value is -2.91. The molecule has 1 N–H and O–H groups in total. The highest BCUT2D eigenvalue weighted by Gasteiger charge is 2.33. The summed E-state index contributed by atoms with van der Waals surface area (Å²) in [5.74, 6) is -0.753. The molecule has 1 heterocycles. The van der Waals surface area contributed by atoms with Gasteiger partial charge >= 0.3 is 5.97 Å². The van der Waals surface area contributed by atoms with Crippen molar-refractivity contribution >= 4 is 27.6 Å². The van der Waals surface area contributed by atoms with Gasteiger partial charge in [-0.3, -0.25) is 9.59 Å². The molecule has 0 atom stereocenters. The van der Waals surface area contributed by atoms with E-state index in [2.05, 4.69) is 5.32 Å². The minimum absolute atomic E-state index is 0.183. The average Bonchev–Trinajstić information content (AvgIpc) is 2.80. The Kier molecular flexibility index (Phi) is 7.76. The molecule has 0 unspecified atom stereocenters. The van der Waals surface area contributed by atoms with E-state index in [4.69, 9.17) is 9.47 Å². The van der Waals surface area contributed by atoms with Crippen LogP contribution in [-0.4, -0.2) is 51.4 Å². The first-order valence-electron chi connectivity index (χ1n) is 10.8. The van der Waals surface area contributed by atoms with Gasteiger partial charge in [0.1, 0.15) is 5.75 Å². The maximum atomic E-state index is 12.8. The number of nitrogens with one attached hydrogen (secondary N) is 1. The number of sulfonamides is 1. The molecule has 0 aromatic heterocycles. The number of anilines is 1. The summed E-state index contributed by atoms with van der Waals surface area (Å²) < 4.78 is 37.3. The van der Waals surface area contributed by atoms with Crippen LogP contribution in [0.5, 0.6) is 5.75 Å². The Morgan fingerprint density at radius 3 is 2.15 bits per heavy atom. The van der Waals surface area contributed by atoms with Crippen LogP contribution in [0.3, 0.4) is 0 Å². The zero-order valence-electron chi connectivity index (χ0n) is 19.4. The number of piperidine rings is 1. The van der Waals surface area contributed by atoms with Crippen molar-refractivity contribution in [2.45, 2.75) is 38.5 Å². The first kappa shape index (κ1) is 24.7. The highest BCUT2D eigenvalue weighted by Crippen LogP contribution is 2.26. The standard InChI is InChI=1S/C24H30N2O6S/c1-16-13-17(2)23(18(3)14-16)25-22(27)15-32-24(28)19-9-11-26(12-10-19)33(29,30)21-7-5-20(31-4)6-8-21/h5-8,13-14,19H,9-12,15H2,1-4H3,(H,25,27). The van der Waals surface area contributed by atoms with Gasteiger partial charge in [-0.15, -0.1) is 0 Å². The Morgan fingerprint density at radius 1 is 1.03 bits per heavy atom. The third kappa shape index (κ3) is 5.91. The van der Waals surface area contributed by atoms with Gasteiger partial charge in [-0.1, -0.05) is 17.7 Å². The quantitative estimate of drug-likeness (QED) is 0.619. The summed E-state index contributed by atoms with van der Waals surface area (Å²) in [6.07, 6.45) is 0.679. The minimum Gasteiger partial charge on any atom is -0.497 e. The van der Waals surface area contributed by atoms with Gasteiger partial charge in [0.2, 0.25) is 10.0 Å². The van der Waals surface area contributed by atoms with Crippen LogP contribution in [0.15, 0.2) is 41.3 Å². The number of rotatable bonds is 7. The molecule has 178 valence electrons. The molecular weight excluding hydrogens is 444 g/mol. The van der Waals surface area contributed by atoms with Crippen molar-refractivity contribution in [3.63, 3.8) is 0 Å². The van der Waals surface area contributed by atoms with Crippen LogP contribution in [0.2, 0.25) is 0 Å². The molecule has 1 amide bonds. The normalized spacial score (nSPS) is 15.2. The van der Waals surface area contributed by atoms with Crippen LogP contribution in [0.25, 0.3) is 0 Å². The summed E-state index contributed by atoms with van der Waals surface area (Å²) >= 11 is 0. The van der Waals surface area contributed by atoms with Crippen molar-refractivity contribution in [1.82, 2.24) is 4.31 Å². The van der Waals surface area contributed by atoms with Gasteiger partial charge < -0.3 is 14.8 Å². The van der Waals surface area contributed by atoms with Crippen LogP contribution in [0.1, 0.15) is 29.5 Å². The van der Waals surface area contributed by atoms with Crippen LogP contribution in [0.4, 0.5) is 5.69 Å². The Balaban J connectivity index is 1.50. The van der Waals surface area contributed by atoms with E-state index in [1.54, 1.807) is 12.1 Å². The molecule has 0 aliphatic carbocycles. The Morgan fingerprint density at radius 2 is 1.61 bits per heavy atom. The molecule has 0 spiro atoms. The maximum absolute atomic E-state index is 12.8. The first-order chi connectivity index (χ1) is 15.6. The Bertz CT molecular complexity index is 1100. The summed E-state index contributed by atoms with van der Waals surface area (Å²) in [4.78, 5) is 24.9. The second kappa shape index (κ2) is 10.4. The van der Waals surface area contributed by atoms with Crippen molar-refractivity contribution in [3.05, 3.63) is 53.1 Å². The van der Waals surface area contributed by atoms with E-state index in [0.717, 1.165) is 22.4 Å². The number of benzene rings is 2. The predicted molar refractivity (Wildman–Crippen MR) is 125 cm³/mol. The molecule has 0 bridgehead atoms. The summed E-state index contributed by atoms with van der Waals surface area (Å²) in [5.41, 5.74) is 3.71. The van der Waals surface area contributed by atoms with Crippen molar-refractivity contribution < 1.29 is 27.5 Å². The number of hydrogen-bond acceptors (Lipinski definition) is 6.